The van der Waals surface area contributed by atoms with Gasteiger partial charge in [-0.15, -0.1) is 0 Å². The predicted octanol–water partition coefficient (Wildman–Crippen LogP) is 2.17. The molecule has 6 heteroatoms. The largest absolute Gasteiger partial charge is 0.341 e. The van der Waals surface area contributed by atoms with Crippen LogP contribution < -0.4 is 5.32 Å². The van der Waals surface area contributed by atoms with Crippen LogP contribution in [0.4, 0.5) is 4.79 Å². The van der Waals surface area contributed by atoms with E-state index < -0.39 is 11.6 Å². The predicted molar refractivity (Wildman–Crippen MR) is 96.4 cm³/mol. The molecule has 0 saturated carbocycles. The first-order valence-corrected chi connectivity index (χ1v) is 9.62. The number of hydrogen-bond donors (Lipinski definition) is 1. The second kappa shape index (κ2) is 6.74. The Hall–Kier alpha value is -2.37. The van der Waals surface area contributed by atoms with E-state index in [4.69, 9.17) is 0 Å². The van der Waals surface area contributed by atoms with Crippen molar-refractivity contribution in [3.8, 4) is 0 Å². The van der Waals surface area contributed by atoms with Crippen LogP contribution in [0, 0.1) is 0 Å². The normalized spacial score (nSPS) is 25.8. The van der Waals surface area contributed by atoms with Gasteiger partial charge < -0.3 is 10.2 Å². The molecule has 2 fully saturated rings. The molecular formula is C20H25N3O3. The summed E-state index contributed by atoms with van der Waals surface area (Å²) < 4.78 is 0. The lowest BCUT2D eigenvalue weighted by Crippen LogP contribution is -2.46. The summed E-state index contributed by atoms with van der Waals surface area (Å²) in [7, 11) is 0. The van der Waals surface area contributed by atoms with Crippen molar-refractivity contribution in [2.24, 2.45) is 0 Å². The van der Waals surface area contributed by atoms with Gasteiger partial charge in [-0.3, -0.25) is 14.5 Å². The number of imide groups is 1. The molecule has 26 heavy (non-hydrogen) atoms. The van der Waals surface area contributed by atoms with Crippen molar-refractivity contribution in [1.29, 1.82) is 0 Å². The number of likely N-dealkylation sites (tertiary alicyclic amines) is 1. The Bertz CT molecular complexity index is 742. The molecule has 1 spiro atoms. The van der Waals surface area contributed by atoms with Gasteiger partial charge in [0.25, 0.3) is 5.91 Å². The van der Waals surface area contributed by atoms with E-state index in [0.29, 0.717) is 6.42 Å². The monoisotopic (exact) mass is 355 g/mol. The summed E-state index contributed by atoms with van der Waals surface area (Å²) in [5.74, 6) is -0.408. The van der Waals surface area contributed by atoms with Crippen LogP contribution in [-0.4, -0.2) is 47.3 Å². The van der Waals surface area contributed by atoms with Crippen molar-refractivity contribution < 1.29 is 14.4 Å². The van der Waals surface area contributed by atoms with Gasteiger partial charge in [0, 0.05) is 13.1 Å². The number of urea groups is 1. The number of benzene rings is 1. The second-order valence-electron chi connectivity index (χ2n) is 7.53. The number of carbonyl (C=O) groups excluding carboxylic acids is 3. The summed E-state index contributed by atoms with van der Waals surface area (Å²) in [5, 5.41) is 2.94. The quantitative estimate of drug-likeness (QED) is 0.827. The first-order valence-electron chi connectivity index (χ1n) is 9.62. The molecule has 4 rings (SSSR count). The number of aryl methyl sites for hydroxylation is 1. The number of nitrogens with one attached hydrogen (secondary N) is 1. The Morgan fingerprint density at radius 3 is 2.62 bits per heavy atom. The van der Waals surface area contributed by atoms with Crippen molar-refractivity contribution in [2.45, 2.75) is 50.5 Å². The highest BCUT2D eigenvalue weighted by atomic mass is 16.2. The maximum absolute atomic E-state index is 13.3. The molecular weight excluding hydrogens is 330 g/mol. The zero-order valence-electron chi connectivity index (χ0n) is 15.0. The average Bonchev–Trinajstić information content (AvgIpc) is 2.82. The minimum atomic E-state index is -1.01. The van der Waals surface area contributed by atoms with Gasteiger partial charge in [0.1, 0.15) is 12.1 Å². The SMILES string of the molecule is O=C(CN1C(=O)NC2(CCCCc3ccccc32)C1=O)N1CCCCC1. The maximum Gasteiger partial charge on any atom is 0.325 e. The highest BCUT2D eigenvalue weighted by Gasteiger charge is 2.53. The minimum Gasteiger partial charge on any atom is -0.341 e. The number of nitrogens with zero attached hydrogens (tertiary/aromatic N) is 2. The van der Waals surface area contributed by atoms with Crippen LogP contribution in [0.5, 0.6) is 0 Å². The molecule has 6 nitrogen and oxygen atoms in total. The van der Waals surface area contributed by atoms with Gasteiger partial charge in [0.15, 0.2) is 0 Å². The summed E-state index contributed by atoms with van der Waals surface area (Å²) in [4.78, 5) is 41.4. The third-order valence-electron chi connectivity index (χ3n) is 5.90. The molecule has 1 aromatic rings. The first kappa shape index (κ1) is 17.1. The van der Waals surface area contributed by atoms with Crippen LogP contribution in [0.3, 0.4) is 0 Å². The fraction of sp³-hybridized carbons (Fsp3) is 0.550. The topological polar surface area (TPSA) is 69.7 Å². The standard InChI is InChI=1S/C20H25N3O3/c24-17(22-12-6-1-7-13-22)14-23-18(25)20(21-19(23)26)11-5-4-9-15-8-2-3-10-16(15)20/h2-3,8,10H,1,4-7,9,11-14H2,(H,21,26). The fourth-order valence-corrected chi connectivity index (χ4v) is 4.50. The number of hydrogen-bond acceptors (Lipinski definition) is 3. The zero-order chi connectivity index (χ0) is 18.1. The molecule has 2 saturated heterocycles. The number of rotatable bonds is 2. The molecule has 2 aliphatic heterocycles. The lowest BCUT2D eigenvalue weighted by molar-refractivity contribution is -0.139. The van der Waals surface area contributed by atoms with Crippen molar-refractivity contribution in [3.05, 3.63) is 35.4 Å². The van der Waals surface area contributed by atoms with Gasteiger partial charge in [-0.2, -0.15) is 0 Å². The third-order valence-corrected chi connectivity index (χ3v) is 5.90. The molecule has 4 amide bonds. The fourth-order valence-electron chi connectivity index (χ4n) is 4.50. The van der Waals surface area contributed by atoms with Gasteiger partial charge in [-0.1, -0.05) is 24.3 Å². The van der Waals surface area contributed by atoms with Gasteiger partial charge >= 0.3 is 6.03 Å². The molecule has 0 aromatic heterocycles. The van der Waals surface area contributed by atoms with E-state index in [1.165, 1.54) is 0 Å². The van der Waals surface area contributed by atoms with Crippen LogP contribution in [0.15, 0.2) is 24.3 Å². The Kier molecular flexibility index (Phi) is 4.42. The maximum atomic E-state index is 13.3. The lowest BCUT2D eigenvalue weighted by Gasteiger charge is -2.29. The smallest absolute Gasteiger partial charge is 0.325 e. The highest BCUT2D eigenvalue weighted by molar-refractivity contribution is 6.09. The van der Waals surface area contributed by atoms with Crippen LogP contribution >= 0.6 is 0 Å². The van der Waals surface area contributed by atoms with E-state index in [9.17, 15) is 14.4 Å². The van der Waals surface area contributed by atoms with Gasteiger partial charge in [0.2, 0.25) is 5.91 Å². The second-order valence-corrected chi connectivity index (χ2v) is 7.53. The molecule has 2 heterocycles. The summed E-state index contributed by atoms with van der Waals surface area (Å²) in [6.07, 6.45) is 6.47. The average molecular weight is 355 g/mol. The van der Waals surface area contributed by atoms with Crippen molar-refractivity contribution in [3.63, 3.8) is 0 Å². The van der Waals surface area contributed by atoms with Gasteiger partial charge in [-0.25, -0.2) is 4.79 Å². The summed E-state index contributed by atoms with van der Waals surface area (Å²) in [6.45, 7) is 1.28. The van der Waals surface area contributed by atoms with Crippen LogP contribution in [0.2, 0.25) is 0 Å². The molecule has 0 bridgehead atoms. The van der Waals surface area contributed by atoms with E-state index in [-0.39, 0.29) is 18.4 Å². The van der Waals surface area contributed by atoms with Crippen molar-refractivity contribution >= 4 is 17.8 Å². The summed E-state index contributed by atoms with van der Waals surface area (Å²) in [6, 6.07) is 7.40. The van der Waals surface area contributed by atoms with E-state index in [2.05, 4.69) is 5.32 Å². The van der Waals surface area contributed by atoms with Crippen molar-refractivity contribution in [1.82, 2.24) is 15.1 Å². The van der Waals surface area contributed by atoms with Crippen LogP contribution in [0.1, 0.15) is 49.7 Å². The number of fused-ring (bicyclic) bond motifs is 2. The molecule has 1 N–H and O–H groups in total. The lowest BCUT2D eigenvalue weighted by atomic mass is 9.84. The third kappa shape index (κ3) is 2.77. The number of piperidine rings is 1. The van der Waals surface area contributed by atoms with E-state index >= 15 is 0 Å². The van der Waals surface area contributed by atoms with E-state index in [1.54, 1.807) is 4.90 Å². The number of carbonyl (C=O) groups is 3. The molecule has 1 aromatic carbocycles. The Balaban J connectivity index is 1.60. The van der Waals surface area contributed by atoms with Gasteiger partial charge in [0.05, 0.1) is 0 Å². The molecule has 1 unspecified atom stereocenters. The zero-order valence-corrected chi connectivity index (χ0v) is 15.0. The number of amides is 4. The van der Waals surface area contributed by atoms with E-state index in [0.717, 1.165) is 67.6 Å². The Labute approximate surface area is 153 Å². The summed E-state index contributed by atoms with van der Waals surface area (Å²) >= 11 is 0. The molecule has 1 atom stereocenters. The Morgan fingerprint density at radius 2 is 1.81 bits per heavy atom. The van der Waals surface area contributed by atoms with Crippen molar-refractivity contribution in [2.75, 3.05) is 19.6 Å². The van der Waals surface area contributed by atoms with Crippen LogP contribution in [-0.2, 0) is 21.5 Å². The molecule has 1 aliphatic carbocycles. The van der Waals surface area contributed by atoms with Gasteiger partial charge in [-0.05, 0) is 56.1 Å². The highest BCUT2D eigenvalue weighted by Crippen LogP contribution is 2.38. The van der Waals surface area contributed by atoms with Crippen LogP contribution in [0.25, 0.3) is 0 Å². The molecule has 0 radical (unpaired) electrons. The summed E-state index contributed by atoms with van der Waals surface area (Å²) in [5.41, 5.74) is 0.999. The first-order chi connectivity index (χ1) is 12.6. The molecule has 3 aliphatic rings. The van der Waals surface area contributed by atoms with E-state index in [1.807, 2.05) is 24.3 Å². The Morgan fingerprint density at radius 1 is 1.04 bits per heavy atom. The minimum absolute atomic E-state index is 0.132. The molecule has 138 valence electrons.